The first kappa shape index (κ1) is 18.5. The molecule has 0 aliphatic heterocycles. The number of hydrazine groups is 1. The second kappa shape index (κ2) is 8.37. The van der Waals surface area contributed by atoms with E-state index in [1.165, 1.54) is 6.33 Å². The zero-order valence-electron chi connectivity index (χ0n) is 14.7. The first-order valence-corrected chi connectivity index (χ1v) is 8.60. The summed E-state index contributed by atoms with van der Waals surface area (Å²) in [6.45, 7) is 0.638. The molecule has 7 nitrogen and oxygen atoms in total. The Balaban J connectivity index is 1.69. The quantitative estimate of drug-likeness (QED) is 0.567. The van der Waals surface area contributed by atoms with Gasteiger partial charge in [-0.3, -0.25) is 15.6 Å². The number of anilines is 3. The molecule has 3 rings (SSSR count). The summed E-state index contributed by atoms with van der Waals surface area (Å²) in [5, 5.41) is 0.561. The largest absolute Gasteiger partial charge is 0.393 e. The smallest absolute Gasteiger partial charge is 0.269 e. The number of nitrogens with two attached hydrogens (primary N) is 1. The van der Waals surface area contributed by atoms with Crippen LogP contribution in [0, 0.1) is 0 Å². The Labute approximate surface area is 162 Å². The molecule has 0 spiro atoms. The number of benzene rings is 2. The molecule has 0 bridgehead atoms. The van der Waals surface area contributed by atoms with E-state index in [0.29, 0.717) is 34.5 Å². The minimum atomic E-state index is -0.330. The van der Waals surface area contributed by atoms with Gasteiger partial charge in [0.05, 0.1) is 0 Å². The monoisotopic (exact) mass is 382 g/mol. The highest BCUT2D eigenvalue weighted by Gasteiger charge is 2.13. The van der Waals surface area contributed by atoms with Crippen molar-refractivity contribution in [2.75, 3.05) is 23.1 Å². The molecule has 0 fully saturated rings. The number of nitrogens with zero attached hydrogens (tertiary/aromatic N) is 3. The molecular formula is C19H19ClN6O. The Bertz CT molecular complexity index is 917. The number of carbonyl (C=O) groups excluding carboxylic acids is 1. The fourth-order valence-electron chi connectivity index (χ4n) is 2.51. The van der Waals surface area contributed by atoms with Gasteiger partial charge in [-0.05, 0) is 29.8 Å². The van der Waals surface area contributed by atoms with E-state index in [1.807, 2.05) is 42.3 Å². The Hall–Kier alpha value is -3.32. The molecule has 2 aromatic carbocycles. The maximum Gasteiger partial charge on any atom is 0.269 e. The van der Waals surface area contributed by atoms with Gasteiger partial charge in [0.2, 0.25) is 0 Å². The van der Waals surface area contributed by atoms with Crippen molar-refractivity contribution < 1.29 is 4.79 Å². The summed E-state index contributed by atoms with van der Waals surface area (Å²) in [7, 11) is 1.89. The van der Waals surface area contributed by atoms with E-state index in [-0.39, 0.29) is 5.91 Å². The van der Waals surface area contributed by atoms with Crippen LogP contribution in [-0.2, 0) is 6.54 Å². The number of hydrogen-bond acceptors (Lipinski definition) is 6. The first-order valence-electron chi connectivity index (χ1n) is 8.22. The highest BCUT2D eigenvalue weighted by molar-refractivity contribution is 6.30. The van der Waals surface area contributed by atoms with E-state index in [2.05, 4.69) is 20.8 Å². The molecule has 0 saturated heterocycles. The van der Waals surface area contributed by atoms with Gasteiger partial charge in [0.25, 0.3) is 5.91 Å². The number of aromatic nitrogens is 2. The maximum absolute atomic E-state index is 12.2. The molecule has 3 aromatic rings. The molecule has 0 radical (unpaired) electrons. The van der Waals surface area contributed by atoms with Crippen molar-refractivity contribution in [1.82, 2.24) is 15.4 Å². The van der Waals surface area contributed by atoms with Crippen molar-refractivity contribution in [3.8, 4) is 0 Å². The zero-order valence-corrected chi connectivity index (χ0v) is 15.4. The number of amides is 1. The lowest BCUT2D eigenvalue weighted by Crippen LogP contribution is -2.30. The number of rotatable bonds is 6. The van der Waals surface area contributed by atoms with Gasteiger partial charge < -0.3 is 10.6 Å². The van der Waals surface area contributed by atoms with Gasteiger partial charge in [-0.15, -0.1) is 0 Å². The first-order chi connectivity index (χ1) is 13.0. The van der Waals surface area contributed by atoms with E-state index in [0.717, 1.165) is 5.56 Å². The number of carbonyl (C=O) groups is 1. The Kier molecular flexibility index (Phi) is 5.73. The molecule has 0 saturated carbocycles. The summed E-state index contributed by atoms with van der Waals surface area (Å²) in [5.74, 6) is 0.559. The predicted octanol–water partition coefficient (Wildman–Crippen LogP) is 3.11. The lowest BCUT2D eigenvalue weighted by molar-refractivity contribution is 0.0962. The molecule has 1 aromatic heterocycles. The molecule has 0 aliphatic carbocycles. The van der Waals surface area contributed by atoms with Gasteiger partial charge in [0.1, 0.15) is 12.0 Å². The highest BCUT2D eigenvalue weighted by Crippen LogP contribution is 2.25. The zero-order chi connectivity index (χ0) is 19.2. The van der Waals surface area contributed by atoms with Crippen LogP contribution in [0.4, 0.5) is 17.3 Å². The van der Waals surface area contributed by atoms with E-state index in [1.54, 1.807) is 24.3 Å². The van der Waals surface area contributed by atoms with Crippen LogP contribution in [0.3, 0.4) is 0 Å². The van der Waals surface area contributed by atoms with Crippen LogP contribution in [0.15, 0.2) is 60.9 Å². The van der Waals surface area contributed by atoms with Crippen LogP contribution >= 0.6 is 11.6 Å². The molecule has 1 amide bonds. The van der Waals surface area contributed by atoms with Gasteiger partial charge in [0.15, 0.2) is 11.6 Å². The van der Waals surface area contributed by atoms with Crippen molar-refractivity contribution in [3.63, 3.8) is 0 Å². The fourth-order valence-corrected chi connectivity index (χ4v) is 2.64. The number of hydrogen-bond donors (Lipinski definition) is 3. The summed E-state index contributed by atoms with van der Waals surface area (Å²) in [5.41, 5.74) is 13.4. The second-order valence-corrected chi connectivity index (χ2v) is 6.32. The van der Waals surface area contributed by atoms with Crippen molar-refractivity contribution in [3.05, 3.63) is 77.1 Å². The van der Waals surface area contributed by atoms with E-state index in [9.17, 15) is 4.79 Å². The van der Waals surface area contributed by atoms with Gasteiger partial charge >= 0.3 is 0 Å². The van der Waals surface area contributed by atoms with Crippen LogP contribution in [0.2, 0.25) is 5.02 Å². The Morgan fingerprint density at radius 1 is 1.11 bits per heavy atom. The van der Waals surface area contributed by atoms with Crippen molar-refractivity contribution >= 4 is 34.8 Å². The second-order valence-electron chi connectivity index (χ2n) is 5.89. The van der Waals surface area contributed by atoms with Gasteiger partial charge in [-0.2, -0.15) is 0 Å². The van der Waals surface area contributed by atoms with Gasteiger partial charge in [-0.1, -0.05) is 41.9 Å². The predicted molar refractivity (Wildman–Crippen MR) is 108 cm³/mol. The normalized spacial score (nSPS) is 10.3. The van der Waals surface area contributed by atoms with Gasteiger partial charge in [0, 0.05) is 24.2 Å². The standard InChI is InChI=1S/C19H19ClN6O/c1-26(11-13-5-3-2-4-6-13)18-16(21)17(22-12-23-18)24-25-19(27)14-7-9-15(20)10-8-14/h2-10,12H,11,21H2,1H3,(H,25,27)(H,22,23,24). The SMILES string of the molecule is CN(Cc1ccccc1)c1ncnc(NNC(=O)c2ccc(Cl)cc2)c1N. The summed E-state index contributed by atoms with van der Waals surface area (Å²) >= 11 is 5.83. The lowest BCUT2D eigenvalue weighted by atomic mass is 10.2. The number of nitrogen functional groups attached to an aromatic ring is 1. The molecule has 27 heavy (non-hydrogen) atoms. The van der Waals surface area contributed by atoms with Gasteiger partial charge in [-0.25, -0.2) is 9.97 Å². The van der Waals surface area contributed by atoms with E-state index >= 15 is 0 Å². The molecule has 8 heteroatoms. The third-order valence-corrected chi connectivity index (χ3v) is 4.14. The van der Waals surface area contributed by atoms with Crippen molar-refractivity contribution in [2.45, 2.75) is 6.54 Å². The number of nitrogens with one attached hydrogen (secondary N) is 2. The maximum atomic E-state index is 12.2. The summed E-state index contributed by atoms with van der Waals surface area (Å²) in [6, 6.07) is 16.5. The number of halogens is 1. The molecule has 4 N–H and O–H groups in total. The molecule has 0 unspecified atom stereocenters. The van der Waals surface area contributed by atoms with E-state index in [4.69, 9.17) is 17.3 Å². The van der Waals surface area contributed by atoms with Crippen LogP contribution in [0.5, 0.6) is 0 Å². The fraction of sp³-hybridized carbons (Fsp3) is 0.105. The summed E-state index contributed by atoms with van der Waals surface area (Å²) in [4.78, 5) is 22.5. The third-order valence-electron chi connectivity index (χ3n) is 3.89. The topological polar surface area (TPSA) is 96.2 Å². The van der Waals surface area contributed by atoms with E-state index < -0.39 is 0 Å². The summed E-state index contributed by atoms with van der Waals surface area (Å²) < 4.78 is 0. The highest BCUT2D eigenvalue weighted by atomic mass is 35.5. The Morgan fingerprint density at radius 2 is 1.81 bits per heavy atom. The van der Waals surface area contributed by atoms with Crippen LogP contribution in [0.25, 0.3) is 0 Å². The minimum absolute atomic E-state index is 0.322. The molecule has 138 valence electrons. The average Bonchev–Trinajstić information content (AvgIpc) is 2.68. The minimum Gasteiger partial charge on any atom is -0.393 e. The molecular weight excluding hydrogens is 364 g/mol. The van der Waals surface area contributed by atoms with Crippen molar-refractivity contribution in [2.24, 2.45) is 0 Å². The third kappa shape index (κ3) is 4.65. The summed E-state index contributed by atoms with van der Waals surface area (Å²) in [6.07, 6.45) is 1.39. The van der Waals surface area contributed by atoms with Crippen LogP contribution in [0.1, 0.15) is 15.9 Å². The van der Waals surface area contributed by atoms with Crippen LogP contribution in [-0.4, -0.2) is 22.9 Å². The van der Waals surface area contributed by atoms with Crippen LogP contribution < -0.4 is 21.5 Å². The molecule has 0 atom stereocenters. The molecule has 0 aliphatic rings. The molecule has 1 heterocycles. The Morgan fingerprint density at radius 3 is 2.52 bits per heavy atom. The average molecular weight is 383 g/mol. The van der Waals surface area contributed by atoms with Crippen molar-refractivity contribution in [1.29, 1.82) is 0 Å². The lowest BCUT2D eigenvalue weighted by Gasteiger charge is -2.21.